The number of methoxy groups -OCH3 is 1. The zero-order chi connectivity index (χ0) is 31.7. The number of halogens is 3. The molecule has 4 rings (SSSR count). The van der Waals surface area contributed by atoms with Crippen LogP contribution in [0.2, 0.25) is 0 Å². The highest BCUT2D eigenvalue weighted by Crippen LogP contribution is 2.42. The number of aryl methyl sites for hydroxylation is 1. The molecule has 2 heterocycles. The Hall–Kier alpha value is -3.40. The van der Waals surface area contributed by atoms with Crippen molar-refractivity contribution in [1.29, 1.82) is 0 Å². The van der Waals surface area contributed by atoms with Gasteiger partial charge in [-0.15, -0.1) is 0 Å². The third-order valence-electron chi connectivity index (χ3n) is 6.80. The Balaban J connectivity index is 1.58. The summed E-state index contributed by atoms with van der Waals surface area (Å²) >= 11 is 0. The number of hydrogen-bond donors (Lipinski definition) is 2. The molecule has 236 valence electrons. The van der Waals surface area contributed by atoms with E-state index in [0.717, 1.165) is 26.2 Å². The molecule has 1 fully saturated rings. The minimum atomic E-state index is -3.88. The molecule has 2 atom stereocenters. The monoisotopic (exact) mass is 628 g/mol. The molecule has 11 nitrogen and oxygen atoms in total. The number of anilines is 1. The van der Waals surface area contributed by atoms with E-state index >= 15 is 4.39 Å². The largest absolute Gasteiger partial charge is 0.493 e. The molecule has 0 aliphatic carbocycles. The number of aliphatic hydroxyl groups is 1. The first-order valence-corrected chi connectivity index (χ1v) is 15.2. The Kier molecular flexibility index (Phi) is 9.30. The summed E-state index contributed by atoms with van der Waals surface area (Å²) in [6.45, 7) is 5.66. The summed E-state index contributed by atoms with van der Waals surface area (Å²) in [4.78, 5) is 8.88. The van der Waals surface area contributed by atoms with E-state index in [-0.39, 0.29) is 32.1 Å². The van der Waals surface area contributed by atoms with Crippen molar-refractivity contribution in [1.82, 2.24) is 14.3 Å². The normalized spacial score (nSPS) is 17.5. The molecule has 15 heteroatoms. The van der Waals surface area contributed by atoms with Gasteiger partial charge in [0.1, 0.15) is 30.0 Å². The van der Waals surface area contributed by atoms with E-state index in [2.05, 4.69) is 15.3 Å². The van der Waals surface area contributed by atoms with Crippen LogP contribution in [0.15, 0.2) is 30.3 Å². The predicted molar refractivity (Wildman–Crippen MR) is 153 cm³/mol. The molecule has 1 aromatic heterocycles. The number of ether oxygens (including phenoxy) is 4. The van der Waals surface area contributed by atoms with Gasteiger partial charge < -0.3 is 29.4 Å². The van der Waals surface area contributed by atoms with E-state index in [4.69, 9.17) is 18.9 Å². The number of sulfonamides is 1. The average Bonchev–Trinajstić information content (AvgIpc) is 2.91. The van der Waals surface area contributed by atoms with E-state index in [1.54, 1.807) is 26.0 Å². The predicted octanol–water partition coefficient (Wildman–Crippen LogP) is 3.82. The Morgan fingerprint density at radius 1 is 1.21 bits per heavy atom. The molecule has 0 saturated carbocycles. The highest BCUT2D eigenvalue weighted by molar-refractivity contribution is 7.88. The quantitative estimate of drug-likeness (QED) is 0.302. The number of fused-ring (bicyclic) bond motifs is 1. The summed E-state index contributed by atoms with van der Waals surface area (Å²) < 4.78 is 92.6. The third-order valence-corrected chi connectivity index (χ3v) is 8.07. The summed E-state index contributed by atoms with van der Waals surface area (Å²) in [6, 6.07) is 6.58. The number of aromatic nitrogens is 2. The van der Waals surface area contributed by atoms with E-state index in [1.807, 2.05) is 0 Å². The van der Waals surface area contributed by atoms with Crippen LogP contribution in [-0.2, 0) is 20.7 Å². The van der Waals surface area contributed by atoms with Crippen molar-refractivity contribution in [2.75, 3.05) is 45.0 Å². The Morgan fingerprint density at radius 2 is 1.93 bits per heavy atom. The maximum Gasteiger partial charge on any atom is 0.303 e. The zero-order valence-electron chi connectivity index (χ0n) is 24.7. The number of alkyl halides is 2. The standard InChI is InChI=1S/C28H35F3N4O7S/c1-16-32-21-13-23(39-5)24(41-15-18-14-35(10-11-40-18)43(6,37)38)12-19(21)26(33-16)34-17(2)42-22-9-7-8-20(25(22)29)28(30,31)27(3,4)36/h7-9,12-13,17-18,36H,10-11,14-15H2,1-6H3,(H,32,33,34)/t17-,18?/m1/s1. The minimum Gasteiger partial charge on any atom is -0.493 e. The van der Waals surface area contributed by atoms with E-state index in [0.29, 0.717) is 28.2 Å². The van der Waals surface area contributed by atoms with Gasteiger partial charge >= 0.3 is 5.92 Å². The summed E-state index contributed by atoms with van der Waals surface area (Å²) in [5.41, 5.74) is -3.02. The second kappa shape index (κ2) is 12.3. The molecule has 0 bridgehead atoms. The first kappa shape index (κ1) is 32.5. The van der Waals surface area contributed by atoms with Crippen LogP contribution < -0.4 is 19.5 Å². The van der Waals surface area contributed by atoms with Crippen LogP contribution in [0.3, 0.4) is 0 Å². The van der Waals surface area contributed by atoms with Crippen LogP contribution in [0, 0.1) is 12.7 Å². The molecular weight excluding hydrogens is 593 g/mol. The van der Waals surface area contributed by atoms with Crippen molar-refractivity contribution >= 4 is 26.7 Å². The number of benzene rings is 2. The van der Waals surface area contributed by atoms with Gasteiger partial charge in [-0.2, -0.15) is 13.1 Å². The molecule has 0 radical (unpaired) electrons. The summed E-state index contributed by atoms with van der Waals surface area (Å²) in [5.74, 6) is -4.26. The average molecular weight is 629 g/mol. The Morgan fingerprint density at radius 3 is 2.58 bits per heavy atom. The summed E-state index contributed by atoms with van der Waals surface area (Å²) in [7, 11) is -1.92. The van der Waals surface area contributed by atoms with E-state index < -0.39 is 51.0 Å². The Bertz CT molecular complexity index is 1580. The lowest BCUT2D eigenvalue weighted by atomic mass is 9.93. The number of rotatable bonds is 11. The highest BCUT2D eigenvalue weighted by Gasteiger charge is 2.49. The lowest BCUT2D eigenvalue weighted by Crippen LogP contribution is -2.47. The van der Waals surface area contributed by atoms with Gasteiger partial charge in [-0.25, -0.2) is 22.8 Å². The molecule has 2 N–H and O–H groups in total. The second-order valence-electron chi connectivity index (χ2n) is 10.7. The first-order chi connectivity index (χ1) is 20.0. The topological polar surface area (TPSA) is 132 Å². The Labute approximate surface area is 248 Å². The van der Waals surface area contributed by atoms with Crippen molar-refractivity contribution in [2.45, 2.75) is 51.6 Å². The van der Waals surface area contributed by atoms with Crippen LogP contribution in [0.25, 0.3) is 10.9 Å². The lowest BCUT2D eigenvalue weighted by molar-refractivity contribution is -0.170. The van der Waals surface area contributed by atoms with Gasteiger partial charge in [-0.05, 0) is 45.9 Å². The smallest absolute Gasteiger partial charge is 0.303 e. The number of morpholine rings is 1. The van der Waals surface area contributed by atoms with Gasteiger partial charge in [-0.3, -0.25) is 0 Å². The lowest BCUT2D eigenvalue weighted by Gasteiger charge is -2.31. The SMILES string of the molecule is COc1cc2nc(C)nc(N[C@@H](C)Oc3cccc(C(F)(F)C(C)(C)O)c3F)c2cc1OCC1CN(S(C)(=O)=O)CCO1. The van der Waals surface area contributed by atoms with Crippen molar-refractivity contribution in [3.63, 3.8) is 0 Å². The van der Waals surface area contributed by atoms with E-state index in [9.17, 15) is 22.3 Å². The summed E-state index contributed by atoms with van der Waals surface area (Å²) in [6.07, 6.45) is -0.333. The summed E-state index contributed by atoms with van der Waals surface area (Å²) in [5, 5.41) is 13.4. The van der Waals surface area contributed by atoms with Crippen LogP contribution in [-0.4, -0.2) is 85.4 Å². The molecule has 1 unspecified atom stereocenters. The van der Waals surface area contributed by atoms with Crippen LogP contribution in [0.4, 0.5) is 19.0 Å². The third kappa shape index (κ3) is 7.22. The second-order valence-corrected chi connectivity index (χ2v) is 12.7. The maximum atomic E-state index is 15.1. The fourth-order valence-electron chi connectivity index (χ4n) is 4.50. The molecule has 1 saturated heterocycles. The van der Waals surface area contributed by atoms with Crippen molar-refractivity contribution in [2.24, 2.45) is 0 Å². The number of nitrogens with one attached hydrogen (secondary N) is 1. The number of hydrogen-bond acceptors (Lipinski definition) is 10. The maximum absolute atomic E-state index is 15.1. The van der Waals surface area contributed by atoms with E-state index in [1.165, 1.54) is 23.5 Å². The molecule has 3 aromatic rings. The fourth-order valence-corrected chi connectivity index (χ4v) is 5.34. The van der Waals surface area contributed by atoms with Gasteiger partial charge in [0.05, 0.1) is 31.1 Å². The van der Waals surface area contributed by atoms with Gasteiger partial charge in [0.25, 0.3) is 0 Å². The molecule has 1 aliphatic rings. The van der Waals surface area contributed by atoms with Crippen LogP contribution in [0.5, 0.6) is 17.2 Å². The van der Waals surface area contributed by atoms with Gasteiger partial charge in [0.15, 0.2) is 29.3 Å². The zero-order valence-corrected chi connectivity index (χ0v) is 25.5. The number of nitrogens with zero attached hydrogens (tertiary/aromatic N) is 3. The van der Waals surface area contributed by atoms with Crippen molar-refractivity contribution < 1.29 is 45.6 Å². The molecule has 0 spiro atoms. The highest BCUT2D eigenvalue weighted by atomic mass is 32.2. The van der Waals surface area contributed by atoms with Gasteiger partial charge in [0.2, 0.25) is 10.0 Å². The molecule has 1 aliphatic heterocycles. The first-order valence-electron chi connectivity index (χ1n) is 13.4. The van der Waals surface area contributed by atoms with Crippen LogP contribution in [0.1, 0.15) is 32.2 Å². The minimum absolute atomic E-state index is 0.0355. The fraction of sp³-hybridized carbons (Fsp3) is 0.500. The van der Waals surface area contributed by atoms with Crippen LogP contribution >= 0.6 is 0 Å². The molecule has 0 amide bonds. The van der Waals surface area contributed by atoms with Gasteiger partial charge in [0, 0.05) is 24.5 Å². The molecule has 43 heavy (non-hydrogen) atoms. The van der Waals surface area contributed by atoms with Gasteiger partial charge in [-0.1, -0.05) is 6.07 Å². The molecule has 2 aromatic carbocycles. The molecular formula is C28H35F3N4O7S. The van der Waals surface area contributed by atoms with Crippen molar-refractivity contribution in [3.05, 3.63) is 47.5 Å². The van der Waals surface area contributed by atoms with Crippen molar-refractivity contribution in [3.8, 4) is 17.2 Å².